The minimum atomic E-state index is 0.0854. The number of benzene rings is 2. The zero-order chi connectivity index (χ0) is 24.2. The van der Waals surface area contributed by atoms with Crippen molar-refractivity contribution in [1.82, 2.24) is 14.9 Å². The van der Waals surface area contributed by atoms with Crippen LogP contribution >= 0.6 is 0 Å². The molecule has 182 valence electrons. The maximum Gasteiger partial charge on any atom is 0.229 e. The maximum atomic E-state index is 13.2. The molecule has 3 heterocycles. The van der Waals surface area contributed by atoms with Gasteiger partial charge in [0.1, 0.15) is 11.5 Å². The number of hydrogen-bond donors (Lipinski definition) is 0. The van der Waals surface area contributed by atoms with Crippen LogP contribution < -0.4 is 14.4 Å². The Balaban J connectivity index is 1.40. The van der Waals surface area contributed by atoms with E-state index >= 15 is 0 Å². The van der Waals surface area contributed by atoms with Crippen molar-refractivity contribution in [1.29, 1.82) is 0 Å². The van der Waals surface area contributed by atoms with Gasteiger partial charge >= 0.3 is 0 Å². The van der Waals surface area contributed by atoms with Crippen molar-refractivity contribution in [2.45, 2.75) is 45.6 Å². The second kappa shape index (κ2) is 10.3. The lowest BCUT2D eigenvalue weighted by Gasteiger charge is -2.32. The van der Waals surface area contributed by atoms with Crippen molar-refractivity contribution in [3.05, 3.63) is 70.9 Å². The first kappa shape index (κ1) is 23.1. The molecule has 3 aromatic rings. The smallest absolute Gasteiger partial charge is 0.229 e. The number of aryl methyl sites for hydroxylation is 1. The lowest BCUT2D eigenvalue weighted by Crippen LogP contribution is -2.38. The van der Waals surface area contributed by atoms with E-state index in [9.17, 15) is 4.79 Å². The zero-order valence-electron chi connectivity index (χ0n) is 20.5. The molecule has 1 fully saturated rings. The Bertz CT molecular complexity index is 1170. The Morgan fingerprint density at radius 1 is 0.914 bits per heavy atom. The molecule has 0 aliphatic carbocycles. The van der Waals surface area contributed by atoms with Gasteiger partial charge in [-0.05, 0) is 56.0 Å². The summed E-state index contributed by atoms with van der Waals surface area (Å²) >= 11 is 0. The SMILES string of the molecule is COc1ccc(CC(=O)N2CCc3nc(N4CCCCC4)nc(Oc4ccc(C)cc4)c3C2)cc1. The third-order valence-electron chi connectivity index (χ3n) is 6.75. The van der Waals surface area contributed by atoms with E-state index in [0.717, 1.165) is 60.2 Å². The van der Waals surface area contributed by atoms with Gasteiger partial charge < -0.3 is 19.3 Å². The van der Waals surface area contributed by atoms with Gasteiger partial charge in [0.25, 0.3) is 0 Å². The third kappa shape index (κ3) is 5.39. The van der Waals surface area contributed by atoms with Gasteiger partial charge in [-0.2, -0.15) is 4.98 Å². The van der Waals surface area contributed by atoms with Crippen molar-refractivity contribution < 1.29 is 14.3 Å². The van der Waals surface area contributed by atoms with E-state index in [0.29, 0.717) is 31.8 Å². The number of fused-ring (bicyclic) bond motifs is 1. The highest BCUT2D eigenvalue weighted by atomic mass is 16.5. The molecule has 0 radical (unpaired) electrons. The number of anilines is 1. The predicted octanol–water partition coefficient (Wildman–Crippen LogP) is 4.70. The average molecular weight is 473 g/mol. The summed E-state index contributed by atoms with van der Waals surface area (Å²) in [6.45, 7) is 5.08. The molecule has 0 bridgehead atoms. The molecule has 0 saturated carbocycles. The summed E-state index contributed by atoms with van der Waals surface area (Å²) in [7, 11) is 1.64. The van der Waals surface area contributed by atoms with Crippen molar-refractivity contribution in [2.24, 2.45) is 0 Å². The molecule has 2 aliphatic rings. The number of aromatic nitrogens is 2. The largest absolute Gasteiger partial charge is 0.497 e. The van der Waals surface area contributed by atoms with Gasteiger partial charge in [-0.1, -0.05) is 29.8 Å². The van der Waals surface area contributed by atoms with Crippen LogP contribution in [0.5, 0.6) is 17.4 Å². The van der Waals surface area contributed by atoms with Gasteiger partial charge in [0.15, 0.2) is 0 Å². The average Bonchev–Trinajstić information content (AvgIpc) is 2.90. The minimum absolute atomic E-state index is 0.0854. The van der Waals surface area contributed by atoms with Crippen LogP contribution in [0.1, 0.15) is 41.6 Å². The number of hydrogen-bond acceptors (Lipinski definition) is 6. The van der Waals surface area contributed by atoms with Gasteiger partial charge in [-0.15, -0.1) is 0 Å². The van der Waals surface area contributed by atoms with E-state index in [4.69, 9.17) is 19.4 Å². The van der Waals surface area contributed by atoms with Crippen molar-refractivity contribution in [3.63, 3.8) is 0 Å². The highest BCUT2D eigenvalue weighted by Gasteiger charge is 2.28. The van der Waals surface area contributed by atoms with Crippen molar-refractivity contribution in [3.8, 4) is 17.4 Å². The fourth-order valence-electron chi connectivity index (χ4n) is 4.65. The standard InChI is InChI=1S/C28H32N4O3/c1-20-6-10-23(11-7-20)35-27-24-19-32(26(33)18-21-8-12-22(34-2)13-9-21)17-14-25(24)29-28(30-27)31-15-4-3-5-16-31/h6-13H,3-5,14-19H2,1-2H3. The number of piperidine rings is 1. The summed E-state index contributed by atoms with van der Waals surface area (Å²) in [4.78, 5) is 27.1. The summed E-state index contributed by atoms with van der Waals surface area (Å²) in [6, 6.07) is 15.6. The lowest BCUT2D eigenvalue weighted by molar-refractivity contribution is -0.131. The molecular formula is C28H32N4O3. The molecule has 2 aliphatic heterocycles. The van der Waals surface area contributed by atoms with Crippen LogP contribution in [0.2, 0.25) is 0 Å². The highest BCUT2D eigenvalue weighted by Crippen LogP contribution is 2.32. The summed E-state index contributed by atoms with van der Waals surface area (Å²) in [5.74, 6) is 2.91. The molecule has 7 heteroatoms. The van der Waals surface area contributed by atoms with E-state index in [-0.39, 0.29) is 5.91 Å². The second-order valence-corrected chi connectivity index (χ2v) is 9.31. The lowest BCUT2D eigenvalue weighted by atomic mass is 10.0. The van der Waals surface area contributed by atoms with Gasteiger partial charge in [-0.3, -0.25) is 4.79 Å². The normalized spacial score (nSPS) is 15.5. The topological polar surface area (TPSA) is 67.8 Å². The second-order valence-electron chi connectivity index (χ2n) is 9.31. The number of ether oxygens (including phenoxy) is 2. The van der Waals surface area contributed by atoms with Crippen LogP contribution in [0.25, 0.3) is 0 Å². The zero-order valence-corrected chi connectivity index (χ0v) is 20.5. The van der Waals surface area contributed by atoms with Crippen LogP contribution in [-0.2, 0) is 24.2 Å². The van der Waals surface area contributed by atoms with Crippen LogP contribution in [0.4, 0.5) is 5.95 Å². The summed E-state index contributed by atoms with van der Waals surface area (Å²) < 4.78 is 11.5. The third-order valence-corrected chi connectivity index (χ3v) is 6.75. The first-order valence-electron chi connectivity index (χ1n) is 12.4. The molecule has 0 unspecified atom stereocenters. The summed E-state index contributed by atoms with van der Waals surface area (Å²) in [5.41, 5.74) is 4.03. The van der Waals surface area contributed by atoms with E-state index in [1.54, 1.807) is 7.11 Å². The maximum absolute atomic E-state index is 13.2. The molecule has 1 saturated heterocycles. The Morgan fingerprint density at radius 2 is 1.63 bits per heavy atom. The van der Waals surface area contributed by atoms with Crippen LogP contribution in [0.3, 0.4) is 0 Å². The fourth-order valence-corrected chi connectivity index (χ4v) is 4.65. The van der Waals surface area contributed by atoms with E-state index in [1.165, 1.54) is 12.0 Å². The summed E-state index contributed by atoms with van der Waals surface area (Å²) in [5, 5.41) is 0. The van der Waals surface area contributed by atoms with Gasteiger partial charge in [0.05, 0.1) is 31.3 Å². The molecule has 2 aromatic carbocycles. The Morgan fingerprint density at radius 3 is 2.34 bits per heavy atom. The predicted molar refractivity (Wildman–Crippen MR) is 135 cm³/mol. The number of methoxy groups -OCH3 is 1. The van der Waals surface area contributed by atoms with Crippen molar-refractivity contribution >= 4 is 11.9 Å². The van der Waals surface area contributed by atoms with Crippen molar-refractivity contribution in [2.75, 3.05) is 31.6 Å². The Kier molecular flexibility index (Phi) is 6.84. The van der Waals surface area contributed by atoms with E-state index in [2.05, 4.69) is 11.8 Å². The molecule has 0 atom stereocenters. The van der Waals surface area contributed by atoms with Gasteiger partial charge in [-0.25, -0.2) is 4.98 Å². The first-order chi connectivity index (χ1) is 17.1. The summed E-state index contributed by atoms with van der Waals surface area (Å²) in [6.07, 6.45) is 4.60. The number of amides is 1. The highest BCUT2D eigenvalue weighted by molar-refractivity contribution is 5.79. The van der Waals surface area contributed by atoms with Crippen LogP contribution in [0, 0.1) is 6.92 Å². The molecule has 7 nitrogen and oxygen atoms in total. The molecule has 1 amide bonds. The Labute approximate surface area is 206 Å². The van der Waals surface area contributed by atoms with E-state index in [1.807, 2.05) is 53.4 Å². The van der Waals surface area contributed by atoms with Gasteiger partial charge in [0.2, 0.25) is 17.7 Å². The molecular weight excluding hydrogens is 440 g/mol. The molecule has 0 spiro atoms. The first-order valence-corrected chi connectivity index (χ1v) is 12.4. The van der Waals surface area contributed by atoms with Crippen LogP contribution in [0.15, 0.2) is 48.5 Å². The number of nitrogens with zero attached hydrogens (tertiary/aromatic N) is 4. The quantitative estimate of drug-likeness (QED) is 0.518. The molecule has 1 aromatic heterocycles. The monoisotopic (exact) mass is 472 g/mol. The molecule has 5 rings (SSSR count). The minimum Gasteiger partial charge on any atom is -0.497 e. The number of carbonyl (C=O) groups is 1. The molecule has 0 N–H and O–H groups in total. The number of carbonyl (C=O) groups excluding carboxylic acids is 1. The molecule has 35 heavy (non-hydrogen) atoms. The Hall–Kier alpha value is -3.61. The van der Waals surface area contributed by atoms with Gasteiger partial charge in [0, 0.05) is 26.1 Å². The fraction of sp³-hybridized carbons (Fsp3) is 0.393. The number of rotatable bonds is 6. The van der Waals surface area contributed by atoms with E-state index < -0.39 is 0 Å². The van der Waals surface area contributed by atoms with Crippen LogP contribution in [-0.4, -0.2) is 47.5 Å².